The van der Waals surface area contributed by atoms with Gasteiger partial charge in [0.05, 0.1) is 12.1 Å². The Balaban J connectivity index is 2.18. The van der Waals surface area contributed by atoms with Crippen LogP contribution in [0.4, 0.5) is 0 Å². The molecule has 0 amide bonds. The molecule has 0 bridgehead atoms. The van der Waals surface area contributed by atoms with Crippen LogP contribution in [0.2, 0.25) is 0 Å². The molecule has 3 aromatic carbocycles. The molecule has 0 saturated heterocycles. The van der Waals surface area contributed by atoms with Gasteiger partial charge in [-0.05, 0) is 28.8 Å². The van der Waals surface area contributed by atoms with Gasteiger partial charge >= 0.3 is 0 Å². The van der Waals surface area contributed by atoms with Gasteiger partial charge in [-0.3, -0.25) is 0 Å². The number of hydrogen-bond donors (Lipinski definition) is 0. The summed E-state index contributed by atoms with van der Waals surface area (Å²) in [6.07, 6.45) is 0. The zero-order valence-corrected chi connectivity index (χ0v) is 13.6. The Bertz CT molecular complexity index is 790. The van der Waals surface area contributed by atoms with Crippen molar-refractivity contribution in [3.63, 3.8) is 0 Å². The Kier molecular flexibility index (Phi) is 4.80. The molecule has 2 heteroatoms. The lowest BCUT2D eigenvalue weighted by Gasteiger charge is -2.13. The second kappa shape index (κ2) is 7.17. The molecule has 0 spiro atoms. The third kappa shape index (κ3) is 3.46. The lowest BCUT2D eigenvalue weighted by molar-refractivity contribution is 0.415. The van der Waals surface area contributed by atoms with Gasteiger partial charge in [0.1, 0.15) is 5.75 Å². The topological polar surface area (TPSA) is 9.23 Å². The van der Waals surface area contributed by atoms with Gasteiger partial charge in [-0.25, -0.2) is 0 Å². The maximum absolute atomic E-state index is 6.76. The zero-order valence-electron chi connectivity index (χ0n) is 12.9. The number of hydrogen-bond acceptors (Lipinski definition) is 1. The minimum absolute atomic E-state index is 0.738. The first-order chi connectivity index (χ1) is 11.3. The molecule has 0 aliphatic rings. The summed E-state index contributed by atoms with van der Waals surface area (Å²) in [5.74, 6) is 0.831. The lowest BCUT2D eigenvalue weighted by atomic mass is 9.95. The molecular weight excluding hydrogens is 304 g/mol. The van der Waals surface area contributed by atoms with E-state index in [0.717, 1.165) is 33.0 Å². The summed E-state index contributed by atoms with van der Waals surface area (Å²) in [6, 6.07) is 28.2. The first-order valence-corrected chi connectivity index (χ1v) is 7.82. The monoisotopic (exact) mass is 320 g/mol. The van der Waals surface area contributed by atoms with E-state index >= 15 is 0 Å². The van der Waals surface area contributed by atoms with E-state index in [-0.39, 0.29) is 0 Å². The van der Waals surface area contributed by atoms with Crippen molar-refractivity contribution >= 4 is 22.2 Å². The molecule has 0 unspecified atom stereocenters. The summed E-state index contributed by atoms with van der Waals surface area (Å²) in [5.41, 5.74) is 4.17. The highest BCUT2D eigenvalue weighted by molar-refractivity contribution is 6.53. The van der Waals surface area contributed by atoms with Crippen molar-refractivity contribution in [1.29, 1.82) is 0 Å². The number of ether oxygens (including phenoxy) is 1. The Labute approximate surface area is 141 Å². The summed E-state index contributed by atoms with van der Waals surface area (Å²) < 4.78 is 5.25. The van der Waals surface area contributed by atoms with Crippen LogP contribution in [0.5, 0.6) is 5.75 Å². The summed E-state index contributed by atoms with van der Waals surface area (Å²) in [6.45, 7) is 0. The van der Waals surface area contributed by atoms with Crippen LogP contribution < -0.4 is 4.74 Å². The van der Waals surface area contributed by atoms with Gasteiger partial charge in [0, 0.05) is 5.57 Å². The fraction of sp³-hybridized carbons (Fsp3) is 0.0476. The number of rotatable bonds is 4. The second-order valence-electron chi connectivity index (χ2n) is 5.15. The molecular formula is C21H17ClO. The quantitative estimate of drug-likeness (QED) is 0.548. The van der Waals surface area contributed by atoms with E-state index in [9.17, 15) is 0 Å². The largest absolute Gasteiger partial charge is 0.497 e. The molecule has 1 nitrogen and oxygen atoms in total. The van der Waals surface area contributed by atoms with Gasteiger partial charge < -0.3 is 4.74 Å². The lowest BCUT2D eigenvalue weighted by Crippen LogP contribution is -1.92. The SMILES string of the molecule is COc1ccc(C(=C(Cl)c2ccccc2)c2ccccc2)cc1. The molecule has 0 aliphatic carbocycles. The fourth-order valence-corrected chi connectivity index (χ4v) is 2.86. The third-order valence-corrected chi connectivity index (χ3v) is 4.10. The molecule has 0 fully saturated rings. The number of halogens is 1. The maximum Gasteiger partial charge on any atom is 0.118 e. The van der Waals surface area contributed by atoms with Crippen molar-refractivity contribution in [2.75, 3.05) is 7.11 Å². The molecule has 3 rings (SSSR count). The second-order valence-corrected chi connectivity index (χ2v) is 5.53. The summed E-state index contributed by atoms with van der Waals surface area (Å²) in [5, 5.41) is 0.738. The normalized spacial score (nSPS) is 11.7. The average Bonchev–Trinajstić information content (AvgIpc) is 2.64. The predicted molar refractivity (Wildman–Crippen MR) is 97.6 cm³/mol. The van der Waals surface area contributed by atoms with Gasteiger partial charge in [-0.1, -0.05) is 84.4 Å². The Morgan fingerprint density at radius 3 is 1.65 bits per heavy atom. The molecule has 0 heterocycles. The van der Waals surface area contributed by atoms with E-state index in [1.165, 1.54) is 0 Å². The minimum atomic E-state index is 0.738. The highest BCUT2D eigenvalue weighted by atomic mass is 35.5. The van der Waals surface area contributed by atoms with E-state index in [1.54, 1.807) is 7.11 Å². The van der Waals surface area contributed by atoms with Crippen LogP contribution in [0.15, 0.2) is 84.9 Å². The molecule has 0 radical (unpaired) electrons. The van der Waals surface area contributed by atoms with E-state index in [1.807, 2.05) is 72.8 Å². The van der Waals surface area contributed by atoms with Crippen LogP contribution in [-0.4, -0.2) is 7.11 Å². The molecule has 114 valence electrons. The van der Waals surface area contributed by atoms with Gasteiger partial charge in [-0.2, -0.15) is 0 Å². The van der Waals surface area contributed by atoms with E-state index < -0.39 is 0 Å². The maximum atomic E-state index is 6.76. The van der Waals surface area contributed by atoms with Crippen molar-refractivity contribution in [2.24, 2.45) is 0 Å². The molecule has 0 atom stereocenters. The summed E-state index contributed by atoms with van der Waals surface area (Å²) >= 11 is 6.76. The Morgan fingerprint density at radius 2 is 1.13 bits per heavy atom. The molecule has 23 heavy (non-hydrogen) atoms. The Hall–Kier alpha value is -2.51. The molecule has 0 saturated carbocycles. The van der Waals surface area contributed by atoms with Crippen LogP contribution in [0, 0.1) is 0 Å². The third-order valence-electron chi connectivity index (χ3n) is 3.69. The molecule has 0 aromatic heterocycles. The summed E-state index contributed by atoms with van der Waals surface area (Å²) in [7, 11) is 1.67. The average molecular weight is 321 g/mol. The van der Waals surface area contributed by atoms with E-state index in [0.29, 0.717) is 0 Å². The smallest absolute Gasteiger partial charge is 0.118 e. The van der Waals surface area contributed by atoms with E-state index in [2.05, 4.69) is 12.1 Å². The number of methoxy groups -OCH3 is 1. The van der Waals surface area contributed by atoms with Gasteiger partial charge in [-0.15, -0.1) is 0 Å². The first kappa shape index (κ1) is 15.4. The summed E-state index contributed by atoms with van der Waals surface area (Å²) in [4.78, 5) is 0. The standard InChI is InChI=1S/C21H17ClO/c1-23-19-14-12-17(13-15-19)20(16-8-4-2-5-9-16)21(22)18-10-6-3-7-11-18/h2-15H,1H3. The Morgan fingerprint density at radius 1 is 0.652 bits per heavy atom. The highest BCUT2D eigenvalue weighted by Crippen LogP contribution is 2.35. The number of benzene rings is 3. The van der Waals surface area contributed by atoms with Crippen LogP contribution in [-0.2, 0) is 0 Å². The van der Waals surface area contributed by atoms with Gasteiger partial charge in [0.25, 0.3) is 0 Å². The van der Waals surface area contributed by atoms with Gasteiger partial charge in [0.2, 0.25) is 0 Å². The predicted octanol–water partition coefficient (Wildman–Crippen LogP) is 5.85. The van der Waals surface area contributed by atoms with E-state index in [4.69, 9.17) is 16.3 Å². The molecule has 0 aliphatic heterocycles. The van der Waals surface area contributed by atoms with Crippen molar-refractivity contribution in [3.05, 3.63) is 102 Å². The van der Waals surface area contributed by atoms with Gasteiger partial charge in [0.15, 0.2) is 0 Å². The van der Waals surface area contributed by atoms with Crippen LogP contribution >= 0.6 is 11.6 Å². The van der Waals surface area contributed by atoms with Crippen molar-refractivity contribution in [1.82, 2.24) is 0 Å². The zero-order chi connectivity index (χ0) is 16.1. The molecule has 0 N–H and O–H groups in total. The van der Waals surface area contributed by atoms with Crippen molar-refractivity contribution in [2.45, 2.75) is 0 Å². The van der Waals surface area contributed by atoms with Crippen LogP contribution in [0.3, 0.4) is 0 Å². The van der Waals surface area contributed by atoms with Crippen molar-refractivity contribution in [3.8, 4) is 5.75 Å². The minimum Gasteiger partial charge on any atom is -0.497 e. The molecule has 3 aromatic rings. The van der Waals surface area contributed by atoms with Crippen LogP contribution in [0.1, 0.15) is 16.7 Å². The fourth-order valence-electron chi connectivity index (χ4n) is 2.51. The van der Waals surface area contributed by atoms with Crippen molar-refractivity contribution < 1.29 is 4.74 Å². The van der Waals surface area contributed by atoms with Crippen LogP contribution in [0.25, 0.3) is 10.6 Å². The highest BCUT2D eigenvalue weighted by Gasteiger charge is 2.12. The first-order valence-electron chi connectivity index (χ1n) is 7.44.